The molecule has 11 heteroatoms. The first-order valence-electron chi connectivity index (χ1n) is 11.5. The number of ether oxygens (including phenoxy) is 2. The highest BCUT2D eigenvalue weighted by Crippen LogP contribution is 2.40. The van der Waals surface area contributed by atoms with Crippen molar-refractivity contribution in [2.24, 2.45) is 11.8 Å². The van der Waals surface area contributed by atoms with Crippen LogP contribution in [0.4, 0.5) is 16.2 Å². The van der Waals surface area contributed by atoms with Crippen molar-refractivity contribution in [1.82, 2.24) is 24.7 Å². The van der Waals surface area contributed by atoms with E-state index in [0.717, 1.165) is 37.4 Å². The maximum absolute atomic E-state index is 13.8. The zero-order valence-corrected chi connectivity index (χ0v) is 19.5. The van der Waals surface area contributed by atoms with Gasteiger partial charge in [0.2, 0.25) is 5.95 Å². The molecule has 2 saturated heterocycles. The fourth-order valence-corrected chi connectivity index (χ4v) is 5.35. The van der Waals surface area contributed by atoms with E-state index in [1.54, 1.807) is 17.1 Å². The quantitative estimate of drug-likeness (QED) is 0.563. The first-order chi connectivity index (χ1) is 16.5. The molecule has 1 saturated carbocycles. The second kappa shape index (κ2) is 8.66. The molecule has 3 aliphatic rings. The van der Waals surface area contributed by atoms with Gasteiger partial charge in [-0.25, -0.2) is 19.0 Å². The number of hydrogen-bond acceptors (Lipinski definition) is 8. The number of hydrogen-bond donors (Lipinski definition) is 1. The van der Waals surface area contributed by atoms with Gasteiger partial charge in [0.05, 0.1) is 13.2 Å². The molecule has 3 aromatic rings. The summed E-state index contributed by atoms with van der Waals surface area (Å²) >= 11 is 5.99. The van der Waals surface area contributed by atoms with E-state index in [1.165, 1.54) is 12.1 Å². The van der Waals surface area contributed by atoms with Gasteiger partial charge < -0.3 is 19.7 Å². The topological polar surface area (TPSA) is 90.2 Å². The molecule has 1 N–H and O–H groups in total. The van der Waals surface area contributed by atoms with E-state index in [2.05, 4.69) is 30.3 Å². The number of piperidine rings is 1. The van der Waals surface area contributed by atoms with Gasteiger partial charge >= 0.3 is 6.01 Å². The minimum atomic E-state index is -0.471. The molecule has 9 nitrogen and oxygen atoms in total. The maximum atomic E-state index is 13.8. The van der Waals surface area contributed by atoms with Gasteiger partial charge in [0, 0.05) is 42.0 Å². The van der Waals surface area contributed by atoms with Gasteiger partial charge in [-0.1, -0.05) is 11.6 Å². The van der Waals surface area contributed by atoms with Gasteiger partial charge in [-0.05, 0) is 43.7 Å². The molecule has 3 fully saturated rings. The van der Waals surface area contributed by atoms with Gasteiger partial charge in [0.15, 0.2) is 0 Å². The average molecular weight is 486 g/mol. The van der Waals surface area contributed by atoms with E-state index in [-0.39, 0.29) is 22.9 Å². The number of nitrogens with one attached hydrogen (secondary N) is 1. The van der Waals surface area contributed by atoms with Crippen LogP contribution in [0.25, 0.3) is 0 Å². The fraction of sp³-hybridized carbons (Fsp3) is 0.478. The second-order valence-corrected chi connectivity index (χ2v) is 9.69. The monoisotopic (exact) mass is 485 g/mol. The van der Waals surface area contributed by atoms with E-state index < -0.39 is 5.82 Å². The maximum Gasteiger partial charge on any atom is 0.322 e. The summed E-state index contributed by atoms with van der Waals surface area (Å²) in [6.07, 6.45) is 3.92. The van der Waals surface area contributed by atoms with Crippen molar-refractivity contribution >= 4 is 23.4 Å². The summed E-state index contributed by atoms with van der Waals surface area (Å²) in [5.41, 5.74) is 0.972. The molecule has 4 heterocycles. The molecule has 34 heavy (non-hydrogen) atoms. The molecule has 2 bridgehead atoms. The molecule has 2 aromatic heterocycles. The van der Waals surface area contributed by atoms with Gasteiger partial charge in [-0.15, -0.1) is 5.10 Å². The van der Waals surface area contributed by atoms with Crippen molar-refractivity contribution in [3.05, 3.63) is 47.1 Å². The van der Waals surface area contributed by atoms with E-state index in [1.807, 2.05) is 13.0 Å². The molecule has 0 radical (unpaired) electrons. The Balaban J connectivity index is 1.21. The standard InChI is InChI=1S/C23H25ClFN7O2/c1-13-4-20(27-12-26-13)31-8-14-2-3-15(9-31)21(14)28-22-29-23(32(30-22)18-10-33-11-18)34-19-6-16(24)5-17(25)7-19/h4-7,12,14-15,18,21H,2-3,8-11H2,1H3,(H,28,30). The molecule has 1 aromatic carbocycles. The summed E-state index contributed by atoms with van der Waals surface area (Å²) in [4.78, 5) is 15.7. The Bertz CT molecular complexity index is 1170. The fourth-order valence-electron chi connectivity index (χ4n) is 5.14. The lowest BCUT2D eigenvalue weighted by Gasteiger charge is -2.38. The average Bonchev–Trinajstić information content (AvgIpc) is 3.21. The lowest BCUT2D eigenvalue weighted by molar-refractivity contribution is -0.0312. The largest absolute Gasteiger partial charge is 0.424 e. The van der Waals surface area contributed by atoms with Crippen LogP contribution in [0, 0.1) is 24.6 Å². The predicted octanol–water partition coefficient (Wildman–Crippen LogP) is 3.86. The third-order valence-electron chi connectivity index (χ3n) is 6.85. The Morgan fingerprint density at radius 1 is 1.12 bits per heavy atom. The van der Waals surface area contributed by atoms with Crippen LogP contribution in [0.15, 0.2) is 30.6 Å². The van der Waals surface area contributed by atoms with Crippen LogP contribution >= 0.6 is 11.6 Å². The first-order valence-corrected chi connectivity index (χ1v) is 11.9. The second-order valence-electron chi connectivity index (χ2n) is 9.25. The Kier molecular flexibility index (Phi) is 5.49. The normalized spacial score (nSPS) is 24.2. The third-order valence-corrected chi connectivity index (χ3v) is 7.07. The molecular formula is C23H25ClFN7O2. The molecule has 178 valence electrons. The van der Waals surface area contributed by atoms with E-state index in [9.17, 15) is 4.39 Å². The lowest BCUT2D eigenvalue weighted by atomic mass is 9.92. The Morgan fingerprint density at radius 3 is 2.59 bits per heavy atom. The van der Waals surface area contributed by atoms with Crippen LogP contribution < -0.4 is 15.0 Å². The van der Waals surface area contributed by atoms with Crippen molar-refractivity contribution in [2.75, 3.05) is 36.5 Å². The molecule has 0 spiro atoms. The minimum absolute atomic E-state index is 0.0293. The Morgan fingerprint density at radius 2 is 1.91 bits per heavy atom. The van der Waals surface area contributed by atoms with E-state index in [0.29, 0.717) is 37.0 Å². The summed E-state index contributed by atoms with van der Waals surface area (Å²) in [5.74, 6) is 2.22. The van der Waals surface area contributed by atoms with Crippen molar-refractivity contribution < 1.29 is 13.9 Å². The van der Waals surface area contributed by atoms with E-state index >= 15 is 0 Å². The summed E-state index contributed by atoms with van der Waals surface area (Å²) in [7, 11) is 0. The molecule has 2 atom stereocenters. The number of fused-ring (bicyclic) bond motifs is 2. The van der Waals surface area contributed by atoms with Crippen LogP contribution in [0.1, 0.15) is 24.6 Å². The number of halogens is 2. The Hall–Kier alpha value is -2.98. The van der Waals surface area contributed by atoms with E-state index in [4.69, 9.17) is 21.1 Å². The molecular weight excluding hydrogens is 461 g/mol. The zero-order chi connectivity index (χ0) is 23.2. The first kappa shape index (κ1) is 21.5. The Labute approximate surface area is 201 Å². The predicted molar refractivity (Wildman–Crippen MR) is 124 cm³/mol. The smallest absolute Gasteiger partial charge is 0.322 e. The molecule has 2 aliphatic heterocycles. The zero-order valence-electron chi connectivity index (χ0n) is 18.7. The third kappa shape index (κ3) is 4.16. The highest BCUT2D eigenvalue weighted by atomic mass is 35.5. The number of anilines is 2. The molecule has 6 rings (SSSR count). The lowest BCUT2D eigenvalue weighted by Crippen LogP contribution is -2.48. The van der Waals surface area contributed by atoms with Crippen LogP contribution in [-0.4, -0.2) is 57.1 Å². The van der Waals surface area contributed by atoms with Crippen LogP contribution in [-0.2, 0) is 4.74 Å². The highest BCUT2D eigenvalue weighted by molar-refractivity contribution is 6.30. The highest BCUT2D eigenvalue weighted by Gasteiger charge is 2.43. The molecule has 0 amide bonds. The molecule has 2 unspecified atom stereocenters. The number of aryl methyl sites for hydroxylation is 1. The van der Waals surface area contributed by atoms with Crippen LogP contribution in [0.2, 0.25) is 5.02 Å². The minimum Gasteiger partial charge on any atom is -0.424 e. The summed E-state index contributed by atoms with van der Waals surface area (Å²) < 4.78 is 26.7. The van der Waals surface area contributed by atoms with Crippen molar-refractivity contribution in [3.8, 4) is 11.8 Å². The van der Waals surface area contributed by atoms with Gasteiger partial charge in [-0.2, -0.15) is 4.98 Å². The van der Waals surface area contributed by atoms with Crippen molar-refractivity contribution in [3.63, 3.8) is 0 Å². The van der Waals surface area contributed by atoms with Gasteiger partial charge in [0.25, 0.3) is 0 Å². The number of aromatic nitrogens is 5. The van der Waals surface area contributed by atoms with Gasteiger partial charge in [-0.3, -0.25) is 0 Å². The summed E-state index contributed by atoms with van der Waals surface area (Å²) in [6.45, 7) is 4.90. The van der Waals surface area contributed by atoms with Gasteiger partial charge in [0.1, 0.15) is 29.8 Å². The number of nitrogens with zero attached hydrogens (tertiary/aromatic N) is 6. The van der Waals surface area contributed by atoms with Crippen molar-refractivity contribution in [1.29, 1.82) is 0 Å². The number of benzene rings is 1. The van der Waals surface area contributed by atoms with Crippen LogP contribution in [0.3, 0.4) is 0 Å². The summed E-state index contributed by atoms with van der Waals surface area (Å²) in [6, 6.07) is 6.69. The van der Waals surface area contributed by atoms with Crippen molar-refractivity contribution in [2.45, 2.75) is 31.8 Å². The van der Waals surface area contributed by atoms with Crippen LogP contribution in [0.5, 0.6) is 11.8 Å². The number of rotatable bonds is 6. The summed E-state index contributed by atoms with van der Waals surface area (Å²) in [5, 5.41) is 8.51. The molecule has 1 aliphatic carbocycles. The SMILES string of the molecule is Cc1cc(N2CC3CCC(C2)C3Nc2nc(Oc3cc(F)cc(Cl)c3)n(C3COC3)n2)ncn1.